The van der Waals surface area contributed by atoms with Crippen LogP contribution in [-0.2, 0) is 25.8 Å². The second-order valence-electron chi connectivity index (χ2n) is 6.97. The van der Waals surface area contributed by atoms with E-state index in [9.17, 15) is 4.79 Å². The highest BCUT2D eigenvalue weighted by Crippen LogP contribution is 2.31. The highest BCUT2D eigenvalue weighted by atomic mass is 17.2. The number of benzene rings is 2. The molecule has 136 valence electrons. The molecule has 0 spiro atoms. The lowest BCUT2D eigenvalue weighted by Crippen LogP contribution is -2.29. The lowest BCUT2D eigenvalue weighted by molar-refractivity contribution is -0.410. The zero-order valence-electron chi connectivity index (χ0n) is 16.2. The molecule has 0 saturated heterocycles. The molecule has 0 aromatic heterocycles. The van der Waals surface area contributed by atoms with Crippen LogP contribution in [0.15, 0.2) is 60.7 Å². The summed E-state index contributed by atoms with van der Waals surface area (Å²) in [4.78, 5) is 21.3. The van der Waals surface area contributed by atoms with Crippen molar-refractivity contribution in [2.75, 3.05) is 0 Å². The first-order valence-electron chi connectivity index (χ1n) is 8.66. The summed E-state index contributed by atoms with van der Waals surface area (Å²) >= 11 is 0. The predicted molar refractivity (Wildman–Crippen MR) is 102 cm³/mol. The van der Waals surface area contributed by atoms with Crippen LogP contribution < -0.4 is 0 Å². The van der Waals surface area contributed by atoms with Crippen molar-refractivity contribution in [3.63, 3.8) is 0 Å². The van der Waals surface area contributed by atoms with Gasteiger partial charge >= 0.3 is 0 Å². The fourth-order valence-electron chi connectivity index (χ4n) is 1.98. The first kappa shape index (κ1) is 21.1. The molecule has 0 unspecified atom stereocenters. The van der Waals surface area contributed by atoms with E-state index in [0.29, 0.717) is 6.42 Å². The van der Waals surface area contributed by atoms with Crippen LogP contribution in [0.5, 0.6) is 0 Å². The van der Waals surface area contributed by atoms with Crippen molar-refractivity contribution in [3.05, 3.63) is 71.8 Å². The van der Waals surface area contributed by atoms with E-state index in [4.69, 9.17) is 9.78 Å². The molecule has 2 aromatic carbocycles. The molecule has 0 N–H and O–H groups in total. The Morgan fingerprint density at radius 1 is 0.760 bits per heavy atom. The van der Waals surface area contributed by atoms with Gasteiger partial charge in [0.2, 0.25) is 0 Å². The van der Waals surface area contributed by atoms with Crippen molar-refractivity contribution in [3.8, 4) is 0 Å². The molecular weight excluding hydrogens is 312 g/mol. The van der Waals surface area contributed by atoms with Gasteiger partial charge in [0, 0.05) is 6.42 Å². The predicted octanol–water partition coefficient (Wildman–Crippen LogP) is 5.79. The van der Waals surface area contributed by atoms with E-state index in [1.54, 1.807) is 6.92 Å². The Labute approximate surface area is 151 Å². The van der Waals surface area contributed by atoms with Gasteiger partial charge in [0.15, 0.2) is 0 Å². The van der Waals surface area contributed by atoms with Crippen molar-refractivity contribution < 1.29 is 14.6 Å². The largest absolute Gasteiger partial charge is 0.300 e. The molecule has 25 heavy (non-hydrogen) atoms. The van der Waals surface area contributed by atoms with Crippen LogP contribution >= 0.6 is 0 Å². The third-order valence-corrected chi connectivity index (χ3v) is 3.89. The monoisotopic (exact) mass is 342 g/mol. The van der Waals surface area contributed by atoms with Gasteiger partial charge in [-0.25, -0.2) is 9.78 Å². The Morgan fingerprint density at radius 3 is 1.28 bits per heavy atom. The van der Waals surface area contributed by atoms with Crippen LogP contribution in [0.2, 0.25) is 0 Å². The molecule has 3 nitrogen and oxygen atoms in total. The van der Waals surface area contributed by atoms with E-state index in [0.717, 1.165) is 11.1 Å². The molecule has 3 heteroatoms. The maximum absolute atomic E-state index is 9.81. The van der Waals surface area contributed by atoms with Crippen LogP contribution in [0.1, 0.15) is 59.1 Å². The van der Waals surface area contributed by atoms with E-state index >= 15 is 0 Å². The molecule has 0 bridgehead atoms. The standard InChI is InChI=1S/C18H22O2.C4H8O/c1-17(2,15-11-7-5-8-12-15)19-20-18(3,4)16-13-9-6-10-14-16;1-3-4(2)5/h5-14H,1-4H3;3H2,1-2H3. The maximum atomic E-state index is 9.81. The van der Waals surface area contributed by atoms with Crippen LogP contribution in [0.4, 0.5) is 0 Å². The molecule has 0 heterocycles. The van der Waals surface area contributed by atoms with Gasteiger partial charge < -0.3 is 4.79 Å². The number of rotatable bonds is 6. The average Bonchev–Trinajstić information content (AvgIpc) is 2.62. The first-order chi connectivity index (χ1) is 11.7. The van der Waals surface area contributed by atoms with E-state index < -0.39 is 11.2 Å². The highest BCUT2D eigenvalue weighted by Gasteiger charge is 2.29. The zero-order chi connectivity index (χ0) is 18.9. The smallest absolute Gasteiger partial charge is 0.129 e. The molecule has 0 fully saturated rings. The van der Waals surface area contributed by atoms with Crippen LogP contribution in [-0.4, -0.2) is 5.78 Å². The fourth-order valence-corrected chi connectivity index (χ4v) is 1.98. The third-order valence-electron chi connectivity index (χ3n) is 3.89. The fraction of sp³-hybridized carbons (Fsp3) is 0.409. The Morgan fingerprint density at radius 2 is 1.04 bits per heavy atom. The van der Waals surface area contributed by atoms with E-state index in [2.05, 4.69) is 0 Å². The quantitative estimate of drug-likeness (QED) is 0.492. The minimum atomic E-state index is -0.493. The summed E-state index contributed by atoms with van der Waals surface area (Å²) in [7, 11) is 0. The van der Waals surface area contributed by atoms with Crippen molar-refractivity contribution in [1.29, 1.82) is 0 Å². The lowest BCUT2D eigenvalue weighted by atomic mass is 9.98. The molecule has 0 atom stereocenters. The first-order valence-corrected chi connectivity index (χ1v) is 8.66. The number of hydrogen-bond acceptors (Lipinski definition) is 3. The van der Waals surface area contributed by atoms with Gasteiger partial charge in [0.05, 0.1) is 0 Å². The molecule has 0 aliphatic rings. The molecule has 2 rings (SSSR count). The van der Waals surface area contributed by atoms with Gasteiger partial charge in [0.1, 0.15) is 17.0 Å². The number of carbonyl (C=O) groups is 1. The van der Waals surface area contributed by atoms with Crippen molar-refractivity contribution in [1.82, 2.24) is 0 Å². The molecular formula is C22H30O3. The summed E-state index contributed by atoms with van der Waals surface area (Å²) in [6.07, 6.45) is 0.667. The molecule has 0 saturated carbocycles. The topological polar surface area (TPSA) is 35.5 Å². The van der Waals surface area contributed by atoms with Gasteiger partial charge in [-0.2, -0.15) is 0 Å². The van der Waals surface area contributed by atoms with Crippen molar-refractivity contribution in [2.24, 2.45) is 0 Å². The van der Waals surface area contributed by atoms with Crippen LogP contribution in [0.3, 0.4) is 0 Å². The van der Waals surface area contributed by atoms with E-state index in [1.807, 2.05) is 95.3 Å². The Hall–Kier alpha value is -1.97. The number of ketones is 1. The van der Waals surface area contributed by atoms with Gasteiger partial charge in [-0.1, -0.05) is 67.6 Å². The summed E-state index contributed by atoms with van der Waals surface area (Å²) in [5.74, 6) is 0.255. The van der Waals surface area contributed by atoms with Gasteiger partial charge in [-0.15, -0.1) is 0 Å². The lowest BCUT2D eigenvalue weighted by Gasteiger charge is -2.31. The Balaban J connectivity index is 0.000000550. The molecule has 0 amide bonds. The van der Waals surface area contributed by atoms with Crippen molar-refractivity contribution in [2.45, 2.75) is 59.2 Å². The summed E-state index contributed by atoms with van der Waals surface area (Å²) in [5.41, 5.74) is 1.19. The van der Waals surface area contributed by atoms with Crippen LogP contribution in [0, 0.1) is 0 Å². The second kappa shape index (κ2) is 9.50. The van der Waals surface area contributed by atoms with Crippen LogP contribution in [0.25, 0.3) is 0 Å². The zero-order valence-corrected chi connectivity index (χ0v) is 16.2. The summed E-state index contributed by atoms with van der Waals surface area (Å²) in [6, 6.07) is 20.2. The number of carbonyl (C=O) groups excluding carboxylic acids is 1. The minimum absolute atomic E-state index is 0.255. The third kappa shape index (κ3) is 7.20. The van der Waals surface area contributed by atoms with Gasteiger partial charge in [0.25, 0.3) is 0 Å². The normalized spacial score (nSPS) is 11.4. The Kier molecular flexibility index (Phi) is 8.01. The number of hydrogen-bond donors (Lipinski definition) is 0. The highest BCUT2D eigenvalue weighted by molar-refractivity contribution is 5.74. The van der Waals surface area contributed by atoms with Gasteiger partial charge in [-0.3, -0.25) is 0 Å². The second-order valence-corrected chi connectivity index (χ2v) is 6.97. The summed E-state index contributed by atoms with van der Waals surface area (Å²) in [6.45, 7) is 11.4. The Bertz CT molecular complexity index is 579. The molecule has 0 aliphatic heterocycles. The average molecular weight is 342 g/mol. The summed E-state index contributed by atoms with van der Waals surface area (Å²) < 4.78 is 0. The van der Waals surface area contributed by atoms with Crippen molar-refractivity contribution >= 4 is 5.78 Å². The van der Waals surface area contributed by atoms with Gasteiger partial charge in [-0.05, 0) is 45.7 Å². The maximum Gasteiger partial charge on any atom is 0.129 e. The summed E-state index contributed by atoms with van der Waals surface area (Å²) in [5, 5.41) is 0. The molecule has 0 aliphatic carbocycles. The SMILES string of the molecule is CC(C)(OOC(C)(C)c1ccccc1)c1ccccc1.CCC(C)=O. The molecule has 0 radical (unpaired) electrons. The number of Topliss-reactive ketones (excluding diaryl/α,β-unsaturated/α-hetero) is 1. The van der Waals surface area contributed by atoms with E-state index in [-0.39, 0.29) is 5.78 Å². The molecule has 2 aromatic rings. The van der Waals surface area contributed by atoms with E-state index in [1.165, 1.54) is 0 Å². The minimum Gasteiger partial charge on any atom is -0.300 e.